The highest BCUT2D eigenvalue weighted by atomic mass is 16.6. The molecule has 6 heteroatoms. The van der Waals surface area contributed by atoms with E-state index in [0.717, 1.165) is 23.5 Å². The van der Waals surface area contributed by atoms with E-state index in [1.54, 1.807) is 0 Å². The fourth-order valence-electron chi connectivity index (χ4n) is 2.43. The van der Waals surface area contributed by atoms with Crippen LogP contribution in [0, 0.1) is 13.8 Å². The summed E-state index contributed by atoms with van der Waals surface area (Å²) in [4.78, 5) is 11.7. The molecular formula is C15H28N4O2. The molecule has 0 radical (unpaired) electrons. The number of hydrogen-bond acceptors (Lipinski definition) is 4. The summed E-state index contributed by atoms with van der Waals surface area (Å²) >= 11 is 0. The van der Waals surface area contributed by atoms with Crippen molar-refractivity contribution in [3.05, 3.63) is 17.0 Å². The normalized spacial score (nSPS) is 13.1. The predicted octanol–water partition coefficient (Wildman–Crippen LogP) is 2.09. The van der Waals surface area contributed by atoms with Crippen molar-refractivity contribution in [3.8, 4) is 0 Å². The molecule has 1 unspecified atom stereocenters. The van der Waals surface area contributed by atoms with Gasteiger partial charge in [-0.2, -0.15) is 5.10 Å². The van der Waals surface area contributed by atoms with Crippen LogP contribution in [0.4, 0.5) is 4.79 Å². The first-order valence-electron chi connectivity index (χ1n) is 7.40. The number of aromatic nitrogens is 2. The smallest absolute Gasteiger partial charge is 0.407 e. The Balaban J connectivity index is 2.76. The Bertz CT molecular complexity index is 489. The quantitative estimate of drug-likeness (QED) is 0.871. The third-order valence-electron chi connectivity index (χ3n) is 3.32. The molecule has 6 nitrogen and oxygen atoms in total. The molecule has 0 saturated carbocycles. The molecule has 3 N–H and O–H groups in total. The Hall–Kier alpha value is -1.56. The van der Waals surface area contributed by atoms with E-state index in [1.165, 1.54) is 0 Å². The summed E-state index contributed by atoms with van der Waals surface area (Å²) in [6.45, 7) is 13.3. The number of amides is 1. The number of nitrogens with zero attached hydrogens (tertiary/aromatic N) is 2. The van der Waals surface area contributed by atoms with Crippen LogP contribution in [0.1, 0.15) is 50.6 Å². The zero-order valence-corrected chi connectivity index (χ0v) is 14.0. The molecule has 0 aromatic carbocycles. The summed E-state index contributed by atoms with van der Waals surface area (Å²) in [5.41, 5.74) is 8.58. The van der Waals surface area contributed by atoms with E-state index in [0.29, 0.717) is 13.1 Å². The van der Waals surface area contributed by atoms with Crippen LogP contribution in [0.25, 0.3) is 0 Å². The van der Waals surface area contributed by atoms with Crippen LogP contribution in [-0.2, 0) is 11.3 Å². The van der Waals surface area contributed by atoms with Gasteiger partial charge in [0.25, 0.3) is 0 Å². The van der Waals surface area contributed by atoms with Crippen LogP contribution in [0.15, 0.2) is 0 Å². The van der Waals surface area contributed by atoms with E-state index in [2.05, 4.69) is 17.3 Å². The second-order valence-electron chi connectivity index (χ2n) is 6.22. The number of alkyl carbamates (subject to hydrolysis) is 1. The zero-order chi connectivity index (χ0) is 16.2. The van der Waals surface area contributed by atoms with Crippen molar-refractivity contribution in [1.29, 1.82) is 0 Å². The fraction of sp³-hybridized carbons (Fsp3) is 0.733. The van der Waals surface area contributed by atoms with Gasteiger partial charge in [-0.25, -0.2) is 4.79 Å². The lowest BCUT2D eigenvalue weighted by atomic mass is 9.97. The van der Waals surface area contributed by atoms with Crippen LogP contribution in [-0.4, -0.2) is 34.6 Å². The van der Waals surface area contributed by atoms with Gasteiger partial charge in [0, 0.05) is 36.8 Å². The number of ether oxygens (including phenoxy) is 1. The van der Waals surface area contributed by atoms with Gasteiger partial charge in [0.1, 0.15) is 5.60 Å². The number of carbonyl (C=O) groups is 1. The predicted molar refractivity (Wildman–Crippen MR) is 83.4 cm³/mol. The molecule has 0 aliphatic carbocycles. The Kier molecular flexibility index (Phi) is 5.78. The molecule has 120 valence electrons. The van der Waals surface area contributed by atoms with Crippen molar-refractivity contribution in [2.75, 3.05) is 13.1 Å². The van der Waals surface area contributed by atoms with Gasteiger partial charge in [-0.15, -0.1) is 0 Å². The topological polar surface area (TPSA) is 82.2 Å². The minimum absolute atomic E-state index is 0.0396. The third kappa shape index (κ3) is 4.74. The molecular weight excluding hydrogens is 268 g/mol. The van der Waals surface area contributed by atoms with Gasteiger partial charge in [-0.3, -0.25) is 4.68 Å². The minimum atomic E-state index is -0.499. The van der Waals surface area contributed by atoms with E-state index < -0.39 is 11.7 Å². The zero-order valence-electron chi connectivity index (χ0n) is 14.0. The number of carbonyl (C=O) groups excluding carboxylic acids is 1. The van der Waals surface area contributed by atoms with Gasteiger partial charge in [-0.05, 0) is 41.5 Å². The van der Waals surface area contributed by atoms with Crippen LogP contribution in [0.3, 0.4) is 0 Å². The minimum Gasteiger partial charge on any atom is -0.444 e. The first-order chi connectivity index (χ1) is 9.69. The van der Waals surface area contributed by atoms with Crippen molar-refractivity contribution >= 4 is 6.09 Å². The summed E-state index contributed by atoms with van der Waals surface area (Å²) in [5, 5.41) is 7.29. The SMILES string of the molecule is CCn1nc(C)c(C(CN)CNC(=O)OC(C)(C)C)c1C. The lowest BCUT2D eigenvalue weighted by molar-refractivity contribution is 0.0524. The Morgan fingerprint density at radius 2 is 2.05 bits per heavy atom. The molecule has 0 aliphatic heterocycles. The maximum atomic E-state index is 11.7. The molecule has 1 heterocycles. The number of hydrogen-bond donors (Lipinski definition) is 2. The van der Waals surface area contributed by atoms with Crippen LogP contribution >= 0.6 is 0 Å². The number of rotatable bonds is 5. The maximum absolute atomic E-state index is 11.7. The second-order valence-corrected chi connectivity index (χ2v) is 6.22. The molecule has 21 heavy (non-hydrogen) atoms. The highest BCUT2D eigenvalue weighted by Gasteiger charge is 2.22. The van der Waals surface area contributed by atoms with Crippen LogP contribution < -0.4 is 11.1 Å². The summed E-state index contributed by atoms with van der Waals surface area (Å²) in [7, 11) is 0. The van der Waals surface area contributed by atoms with Gasteiger partial charge in [0.15, 0.2) is 0 Å². The molecule has 1 aromatic heterocycles. The van der Waals surface area contributed by atoms with Crippen LogP contribution in [0.5, 0.6) is 0 Å². The van der Waals surface area contributed by atoms with Gasteiger partial charge in [0.05, 0.1) is 5.69 Å². The highest BCUT2D eigenvalue weighted by Crippen LogP contribution is 2.22. The largest absolute Gasteiger partial charge is 0.444 e. The Morgan fingerprint density at radius 1 is 1.43 bits per heavy atom. The lowest BCUT2D eigenvalue weighted by Gasteiger charge is -2.21. The highest BCUT2D eigenvalue weighted by molar-refractivity contribution is 5.67. The molecule has 0 spiro atoms. The second kappa shape index (κ2) is 6.93. The lowest BCUT2D eigenvalue weighted by Crippen LogP contribution is -2.36. The summed E-state index contributed by atoms with van der Waals surface area (Å²) in [5.74, 6) is 0.0396. The number of nitrogens with two attached hydrogens (primary N) is 1. The van der Waals surface area contributed by atoms with Gasteiger partial charge < -0.3 is 15.8 Å². The number of nitrogens with one attached hydrogen (secondary N) is 1. The summed E-state index contributed by atoms with van der Waals surface area (Å²) in [6.07, 6.45) is -0.417. The fourth-order valence-corrected chi connectivity index (χ4v) is 2.43. The number of aryl methyl sites for hydroxylation is 2. The molecule has 0 bridgehead atoms. The van der Waals surface area contributed by atoms with Gasteiger partial charge >= 0.3 is 6.09 Å². The van der Waals surface area contributed by atoms with E-state index in [9.17, 15) is 4.79 Å². The first-order valence-corrected chi connectivity index (χ1v) is 7.40. The van der Waals surface area contributed by atoms with Crippen molar-refractivity contribution in [2.45, 2.75) is 59.6 Å². The van der Waals surface area contributed by atoms with Gasteiger partial charge in [-0.1, -0.05) is 0 Å². The molecule has 0 fully saturated rings. The average molecular weight is 296 g/mol. The standard InChI is InChI=1S/C15H28N4O2/c1-7-19-11(3)13(10(2)18-19)12(8-16)9-17-14(20)21-15(4,5)6/h12H,7-9,16H2,1-6H3,(H,17,20). The monoisotopic (exact) mass is 296 g/mol. The molecule has 1 amide bonds. The van der Waals surface area contributed by atoms with Crippen LogP contribution in [0.2, 0.25) is 0 Å². The maximum Gasteiger partial charge on any atom is 0.407 e. The average Bonchev–Trinajstić information content (AvgIpc) is 2.64. The first kappa shape index (κ1) is 17.5. The Morgan fingerprint density at radius 3 is 2.48 bits per heavy atom. The van der Waals surface area contributed by atoms with Crippen molar-refractivity contribution < 1.29 is 9.53 Å². The van der Waals surface area contributed by atoms with Crippen molar-refractivity contribution in [1.82, 2.24) is 15.1 Å². The molecule has 1 atom stereocenters. The van der Waals surface area contributed by atoms with Gasteiger partial charge in [0.2, 0.25) is 0 Å². The molecule has 0 saturated heterocycles. The third-order valence-corrected chi connectivity index (χ3v) is 3.32. The Labute approximate surface area is 127 Å². The van der Waals surface area contributed by atoms with E-state index in [4.69, 9.17) is 10.5 Å². The molecule has 1 aromatic rings. The van der Waals surface area contributed by atoms with E-state index >= 15 is 0 Å². The van der Waals surface area contributed by atoms with Crippen molar-refractivity contribution in [3.63, 3.8) is 0 Å². The summed E-state index contributed by atoms with van der Waals surface area (Å²) < 4.78 is 7.20. The van der Waals surface area contributed by atoms with E-state index in [-0.39, 0.29) is 5.92 Å². The molecule has 1 rings (SSSR count). The van der Waals surface area contributed by atoms with E-state index in [1.807, 2.05) is 39.3 Å². The van der Waals surface area contributed by atoms with Crippen molar-refractivity contribution in [2.24, 2.45) is 5.73 Å². The summed E-state index contributed by atoms with van der Waals surface area (Å²) in [6, 6.07) is 0. The molecule has 0 aliphatic rings.